The number of allylic oxidation sites excluding steroid dienone is 1. The van der Waals surface area contributed by atoms with Gasteiger partial charge < -0.3 is 0 Å². The topological polar surface area (TPSA) is 74.1 Å². The Bertz CT molecular complexity index is 1250. The molecule has 1 aliphatic heterocycles. The van der Waals surface area contributed by atoms with Gasteiger partial charge in [-0.3, -0.25) is 0 Å². The Labute approximate surface area is 200 Å². The molecule has 2 aromatic carbocycles. The number of nitrogens with zero attached hydrogens (tertiary/aromatic N) is 3. The summed E-state index contributed by atoms with van der Waals surface area (Å²) in [7, 11) is 0. The predicted molar refractivity (Wildman–Crippen MR) is 125 cm³/mol. The van der Waals surface area contributed by atoms with Crippen molar-refractivity contribution in [2.75, 3.05) is 0 Å². The minimum atomic E-state index is -0.641. The first kappa shape index (κ1) is 21.3. The first-order valence-electron chi connectivity index (χ1n) is 10.2. The summed E-state index contributed by atoms with van der Waals surface area (Å²) in [5.41, 5.74) is 1.58. The third kappa shape index (κ3) is 3.56. The van der Waals surface area contributed by atoms with Gasteiger partial charge in [-0.25, -0.2) is 0 Å². The van der Waals surface area contributed by atoms with Crippen LogP contribution < -0.4 is 4.46 Å². The van der Waals surface area contributed by atoms with Crippen LogP contribution in [0.2, 0.25) is 0 Å². The van der Waals surface area contributed by atoms with E-state index in [1.807, 2.05) is 50.4 Å². The molecule has 6 nitrogen and oxygen atoms in total. The Morgan fingerprint density at radius 2 is 1.72 bits per heavy atom. The quantitative estimate of drug-likeness (QED) is 0.280. The molecule has 5 rings (SSSR count). The van der Waals surface area contributed by atoms with Crippen LogP contribution in [0.4, 0.5) is 0 Å². The van der Waals surface area contributed by atoms with Crippen molar-refractivity contribution in [2.24, 2.45) is 0 Å². The molecule has 32 heavy (non-hydrogen) atoms. The SMILES string of the molecule is CC1(C)OC2=C(C(=O)C(=O)c3ccccc32)[C@@H](n2cc(C[Se]c3ccccc3)nn2)[C@@H]1Br. The minimum absolute atomic E-state index is 0.227. The Kier molecular flexibility index (Phi) is 5.40. The van der Waals surface area contributed by atoms with E-state index in [1.165, 1.54) is 4.46 Å². The number of Topliss-reactive ketones (excluding diaryl/α,β-unsaturated/α-hetero) is 2. The molecule has 162 valence electrons. The molecule has 8 heteroatoms. The normalized spacial score (nSPS) is 21.7. The Morgan fingerprint density at radius 3 is 2.47 bits per heavy atom. The van der Waals surface area contributed by atoms with Gasteiger partial charge in [-0.1, -0.05) is 0 Å². The fourth-order valence-corrected chi connectivity index (χ4v) is 6.32. The maximum atomic E-state index is 13.2. The molecule has 0 N–H and O–H groups in total. The number of aromatic nitrogens is 3. The second kappa shape index (κ2) is 8.10. The van der Waals surface area contributed by atoms with Crippen molar-refractivity contribution >= 4 is 52.7 Å². The number of ether oxygens (including phenoxy) is 1. The third-order valence-corrected chi connectivity index (χ3v) is 9.48. The van der Waals surface area contributed by atoms with Gasteiger partial charge in [-0.05, 0) is 0 Å². The van der Waals surface area contributed by atoms with Crippen molar-refractivity contribution in [1.82, 2.24) is 15.0 Å². The van der Waals surface area contributed by atoms with Crippen molar-refractivity contribution < 1.29 is 14.3 Å². The molecule has 2 aliphatic rings. The first-order chi connectivity index (χ1) is 15.4. The molecule has 0 spiro atoms. The second-order valence-corrected chi connectivity index (χ2v) is 11.5. The molecule has 1 aromatic heterocycles. The maximum absolute atomic E-state index is 13.2. The van der Waals surface area contributed by atoms with Crippen LogP contribution in [0.5, 0.6) is 0 Å². The number of carbonyl (C=O) groups is 2. The van der Waals surface area contributed by atoms with Crippen molar-refractivity contribution in [3.05, 3.63) is 83.2 Å². The van der Waals surface area contributed by atoms with E-state index in [1.54, 1.807) is 16.8 Å². The fraction of sp³-hybridized carbons (Fsp3) is 0.250. The summed E-state index contributed by atoms with van der Waals surface area (Å²) in [4.78, 5) is 25.8. The van der Waals surface area contributed by atoms with E-state index >= 15 is 0 Å². The van der Waals surface area contributed by atoms with Gasteiger partial charge in [0.25, 0.3) is 0 Å². The summed E-state index contributed by atoms with van der Waals surface area (Å²) in [6, 6.07) is 16.9. The van der Waals surface area contributed by atoms with Crippen LogP contribution in [-0.4, -0.2) is 51.9 Å². The average Bonchev–Trinajstić information content (AvgIpc) is 3.26. The van der Waals surface area contributed by atoms with Crippen LogP contribution in [0.3, 0.4) is 0 Å². The van der Waals surface area contributed by atoms with Crippen LogP contribution in [0.15, 0.2) is 66.4 Å². The molecule has 0 fully saturated rings. The van der Waals surface area contributed by atoms with E-state index in [9.17, 15) is 9.59 Å². The van der Waals surface area contributed by atoms with E-state index in [0.29, 0.717) is 22.5 Å². The van der Waals surface area contributed by atoms with E-state index in [2.05, 4.69) is 38.4 Å². The van der Waals surface area contributed by atoms with Gasteiger partial charge in [0, 0.05) is 0 Å². The molecule has 0 saturated heterocycles. The molecule has 0 radical (unpaired) electrons. The molecule has 0 unspecified atom stereocenters. The van der Waals surface area contributed by atoms with Crippen LogP contribution in [0.1, 0.15) is 41.5 Å². The Hall–Kier alpha value is -2.54. The summed E-state index contributed by atoms with van der Waals surface area (Å²) < 4.78 is 9.29. The third-order valence-electron chi connectivity index (χ3n) is 5.69. The summed E-state index contributed by atoms with van der Waals surface area (Å²) in [6.07, 6.45) is 1.88. The van der Waals surface area contributed by atoms with E-state index in [0.717, 1.165) is 11.0 Å². The van der Waals surface area contributed by atoms with E-state index < -0.39 is 23.2 Å². The monoisotopic (exact) mass is 557 g/mol. The molecule has 0 amide bonds. The van der Waals surface area contributed by atoms with Gasteiger partial charge in [0.1, 0.15) is 0 Å². The van der Waals surface area contributed by atoms with Crippen LogP contribution in [0.25, 0.3) is 5.76 Å². The van der Waals surface area contributed by atoms with Gasteiger partial charge in [0.2, 0.25) is 0 Å². The van der Waals surface area contributed by atoms with Crippen molar-refractivity contribution in [3.8, 4) is 0 Å². The number of ketones is 2. The molecular weight excluding hydrogens is 537 g/mol. The van der Waals surface area contributed by atoms with Crippen molar-refractivity contribution in [1.29, 1.82) is 0 Å². The van der Waals surface area contributed by atoms with Gasteiger partial charge in [-0.2, -0.15) is 0 Å². The number of benzene rings is 2. The number of halogens is 1. The fourth-order valence-electron chi connectivity index (χ4n) is 4.05. The van der Waals surface area contributed by atoms with E-state index in [-0.39, 0.29) is 19.8 Å². The number of rotatable bonds is 4. The molecule has 0 saturated carbocycles. The van der Waals surface area contributed by atoms with Gasteiger partial charge >= 0.3 is 201 Å². The Morgan fingerprint density at radius 1 is 1.03 bits per heavy atom. The number of alkyl halides is 1. The van der Waals surface area contributed by atoms with E-state index in [4.69, 9.17) is 4.74 Å². The molecular formula is C24H20BrN3O3Se. The Balaban J connectivity index is 1.55. The zero-order valence-electron chi connectivity index (χ0n) is 17.5. The number of hydrogen-bond acceptors (Lipinski definition) is 5. The zero-order valence-corrected chi connectivity index (χ0v) is 20.8. The van der Waals surface area contributed by atoms with Gasteiger partial charge in [-0.15, -0.1) is 0 Å². The molecule has 2 heterocycles. The average molecular weight is 557 g/mol. The molecule has 0 bridgehead atoms. The standard InChI is InChI=1S/C24H20BrN3O3Se/c1-24(2)23(25)19(28-12-14(26-27-28)13-32-15-8-4-3-5-9-15)18-21(30)20(29)16-10-6-7-11-17(16)22(18)31-24/h3-12,19,23H,13H2,1-2H3/t19-,23+/m1/s1. The first-order valence-corrected chi connectivity index (χ1v) is 13.2. The predicted octanol–water partition coefficient (Wildman–Crippen LogP) is 3.10. The van der Waals surface area contributed by atoms with Gasteiger partial charge in [0.05, 0.1) is 0 Å². The van der Waals surface area contributed by atoms with Crippen molar-refractivity contribution in [3.63, 3.8) is 0 Å². The summed E-state index contributed by atoms with van der Waals surface area (Å²) >= 11 is 3.97. The van der Waals surface area contributed by atoms with Crippen LogP contribution in [0, 0.1) is 0 Å². The molecule has 2 atom stereocenters. The number of hydrogen-bond donors (Lipinski definition) is 0. The summed E-state index contributed by atoms with van der Waals surface area (Å²) in [6.45, 7) is 3.92. The van der Waals surface area contributed by atoms with Crippen LogP contribution in [-0.2, 0) is 14.9 Å². The van der Waals surface area contributed by atoms with Gasteiger partial charge in [0.15, 0.2) is 0 Å². The van der Waals surface area contributed by atoms with Crippen molar-refractivity contribution in [2.45, 2.75) is 35.6 Å². The zero-order chi connectivity index (χ0) is 22.5. The number of fused-ring (bicyclic) bond motifs is 2. The van der Waals surface area contributed by atoms with Crippen LogP contribution >= 0.6 is 15.9 Å². The second-order valence-electron chi connectivity index (χ2n) is 8.29. The summed E-state index contributed by atoms with van der Waals surface area (Å²) in [5.74, 6) is -0.601. The summed E-state index contributed by atoms with van der Waals surface area (Å²) in [5, 5.41) is 9.52. The molecule has 1 aliphatic carbocycles. The number of carbonyl (C=O) groups excluding carboxylic acids is 2. The molecule has 3 aromatic rings.